The molecule has 0 aliphatic rings. The van der Waals surface area contributed by atoms with Crippen molar-refractivity contribution in [3.05, 3.63) is 70.6 Å². The van der Waals surface area contributed by atoms with Crippen molar-refractivity contribution < 1.29 is 27.5 Å². The summed E-state index contributed by atoms with van der Waals surface area (Å²) in [6, 6.07) is 14.1. The second-order valence-electron chi connectivity index (χ2n) is 7.51. The van der Waals surface area contributed by atoms with E-state index in [0.717, 1.165) is 10.4 Å². The molecular weight excluding hydrogens is 478 g/mol. The van der Waals surface area contributed by atoms with Gasteiger partial charge in [-0.25, -0.2) is 8.42 Å². The number of hydrogen-bond acceptors (Lipinski definition) is 9. The summed E-state index contributed by atoms with van der Waals surface area (Å²) in [4.78, 5) is 25.9. The van der Waals surface area contributed by atoms with Gasteiger partial charge in [0, 0.05) is 10.6 Å². The SMILES string of the molecule is COC(=O)C(C(=O)OC)C(Nc1ccc(S(=O)(=O)Nc2cc(C)sn2)cc1)c1ccc(C)cc1. The average molecular weight is 504 g/mol. The number of nitrogens with one attached hydrogen (secondary N) is 2. The summed E-state index contributed by atoms with van der Waals surface area (Å²) in [5.41, 5.74) is 2.16. The molecule has 0 amide bonds. The minimum atomic E-state index is -3.84. The first-order valence-corrected chi connectivity index (χ1v) is 12.4. The number of rotatable bonds is 9. The van der Waals surface area contributed by atoms with Crippen LogP contribution in [-0.4, -0.2) is 38.9 Å². The van der Waals surface area contributed by atoms with E-state index in [-0.39, 0.29) is 10.7 Å². The number of anilines is 2. The molecule has 0 saturated heterocycles. The Labute approximate surface area is 202 Å². The molecule has 0 fully saturated rings. The van der Waals surface area contributed by atoms with Gasteiger partial charge in [-0.2, -0.15) is 4.37 Å². The highest BCUT2D eigenvalue weighted by atomic mass is 32.2. The van der Waals surface area contributed by atoms with Crippen LogP contribution in [0.1, 0.15) is 22.0 Å². The van der Waals surface area contributed by atoms with E-state index in [1.54, 1.807) is 30.3 Å². The molecule has 0 saturated carbocycles. The van der Waals surface area contributed by atoms with E-state index in [2.05, 4.69) is 14.4 Å². The lowest BCUT2D eigenvalue weighted by Gasteiger charge is -2.26. The lowest BCUT2D eigenvalue weighted by Crippen LogP contribution is -2.35. The van der Waals surface area contributed by atoms with Gasteiger partial charge >= 0.3 is 11.9 Å². The van der Waals surface area contributed by atoms with E-state index in [1.807, 2.05) is 26.0 Å². The summed E-state index contributed by atoms with van der Waals surface area (Å²) in [5, 5.41) is 3.15. The highest BCUT2D eigenvalue weighted by Gasteiger charge is 2.38. The molecule has 0 aliphatic heterocycles. The molecule has 0 spiro atoms. The molecule has 0 aliphatic carbocycles. The number of carbonyl (C=O) groups excluding carboxylic acids is 2. The first-order chi connectivity index (χ1) is 16.1. The van der Waals surface area contributed by atoms with Crippen molar-refractivity contribution in [1.82, 2.24) is 4.37 Å². The molecule has 3 aromatic rings. The first kappa shape index (κ1) is 25.2. The van der Waals surface area contributed by atoms with Crippen LogP contribution in [0.2, 0.25) is 0 Å². The van der Waals surface area contributed by atoms with Gasteiger partial charge in [-0.1, -0.05) is 29.8 Å². The Balaban J connectivity index is 1.90. The smallest absolute Gasteiger partial charge is 0.322 e. The Kier molecular flexibility index (Phi) is 7.90. The van der Waals surface area contributed by atoms with Crippen LogP contribution >= 0.6 is 11.5 Å². The lowest BCUT2D eigenvalue weighted by atomic mass is 9.92. The molecule has 9 nitrogen and oxygen atoms in total. The zero-order chi connectivity index (χ0) is 24.9. The predicted molar refractivity (Wildman–Crippen MR) is 129 cm³/mol. The van der Waals surface area contributed by atoms with Crippen molar-refractivity contribution in [1.29, 1.82) is 0 Å². The van der Waals surface area contributed by atoms with E-state index < -0.39 is 33.9 Å². The summed E-state index contributed by atoms with van der Waals surface area (Å²) >= 11 is 1.20. The molecule has 3 rings (SSSR count). The molecule has 2 N–H and O–H groups in total. The molecule has 2 aromatic carbocycles. The zero-order valence-corrected chi connectivity index (χ0v) is 20.7. The van der Waals surface area contributed by atoms with E-state index >= 15 is 0 Å². The molecular formula is C23H25N3O6S2. The van der Waals surface area contributed by atoms with Gasteiger partial charge in [-0.05, 0) is 61.3 Å². The molecule has 1 atom stereocenters. The monoisotopic (exact) mass is 503 g/mol. The van der Waals surface area contributed by atoms with Crippen LogP contribution < -0.4 is 10.0 Å². The number of hydrogen-bond donors (Lipinski definition) is 2. The van der Waals surface area contributed by atoms with Crippen LogP contribution in [-0.2, 0) is 29.1 Å². The summed E-state index contributed by atoms with van der Waals surface area (Å²) in [5.74, 6) is -2.54. The van der Waals surface area contributed by atoms with Gasteiger partial charge < -0.3 is 14.8 Å². The van der Waals surface area contributed by atoms with Crippen molar-refractivity contribution in [2.75, 3.05) is 24.3 Å². The van der Waals surface area contributed by atoms with E-state index in [4.69, 9.17) is 9.47 Å². The van der Waals surface area contributed by atoms with Crippen molar-refractivity contribution in [3.8, 4) is 0 Å². The number of aryl methyl sites for hydroxylation is 2. The van der Waals surface area contributed by atoms with Gasteiger partial charge in [0.1, 0.15) is 0 Å². The van der Waals surface area contributed by atoms with Gasteiger partial charge in [-0.15, -0.1) is 0 Å². The minimum Gasteiger partial charge on any atom is -0.468 e. The van der Waals surface area contributed by atoms with Crippen LogP contribution in [0.25, 0.3) is 0 Å². The fourth-order valence-corrected chi connectivity index (χ4v) is 4.83. The number of benzene rings is 2. The van der Waals surface area contributed by atoms with Crippen LogP contribution in [0, 0.1) is 19.8 Å². The third-order valence-corrected chi connectivity index (χ3v) is 7.10. The van der Waals surface area contributed by atoms with Gasteiger partial charge in [0.05, 0.1) is 25.2 Å². The molecule has 1 aromatic heterocycles. The highest BCUT2D eigenvalue weighted by Crippen LogP contribution is 2.30. The Morgan fingerprint density at radius 2 is 1.53 bits per heavy atom. The number of nitrogens with zero attached hydrogens (tertiary/aromatic N) is 1. The second kappa shape index (κ2) is 10.7. The fraction of sp³-hybridized carbons (Fsp3) is 0.261. The molecule has 34 heavy (non-hydrogen) atoms. The number of ether oxygens (including phenoxy) is 2. The van der Waals surface area contributed by atoms with Crippen molar-refractivity contribution in [2.45, 2.75) is 24.8 Å². The summed E-state index contributed by atoms with van der Waals surface area (Å²) in [6.07, 6.45) is 0. The van der Waals surface area contributed by atoms with Gasteiger partial charge in [-0.3, -0.25) is 14.3 Å². The molecule has 1 unspecified atom stereocenters. The van der Waals surface area contributed by atoms with Crippen LogP contribution in [0.15, 0.2) is 59.5 Å². The topological polar surface area (TPSA) is 124 Å². The summed E-state index contributed by atoms with van der Waals surface area (Å²) in [6.45, 7) is 3.75. The van der Waals surface area contributed by atoms with Gasteiger partial charge in [0.15, 0.2) is 11.7 Å². The minimum absolute atomic E-state index is 0.0353. The van der Waals surface area contributed by atoms with E-state index in [1.165, 1.54) is 37.9 Å². The maximum atomic E-state index is 12.7. The fourth-order valence-electron chi connectivity index (χ4n) is 3.28. The van der Waals surface area contributed by atoms with E-state index in [0.29, 0.717) is 11.3 Å². The van der Waals surface area contributed by atoms with Gasteiger partial charge in [0.25, 0.3) is 10.0 Å². The molecule has 0 bridgehead atoms. The quantitative estimate of drug-likeness (QED) is 0.335. The molecule has 11 heteroatoms. The first-order valence-electron chi connectivity index (χ1n) is 10.2. The Bertz CT molecular complexity index is 1240. The van der Waals surface area contributed by atoms with Crippen molar-refractivity contribution >= 4 is 45.0 Å². The summed E-state index contributed by atoms with van der Waals surface area (Å²) in [7, 11) is -1.44. The van der Waals surface area contributed by atoms with Crippen LogP contribution in [0.5, 0.6) is 0 Å². The zero-order valence-electron chi connectivity index (χ0n) is 19.1. The third-order valence-electron chi connectivity index (χ3n) is 5.03. The molecule has 180 valence electrons. The third kappa shape index (κ3) is 5.91. The van der Waals surface area contributed by atoms with Crippen molar-refractivity contribution in [3.63, 3.8) is 0 Å². The number of esters is 2. The average Bonchev–Trinajstić information content (AvgIpc) is 3.22. The van der Waals surface area contributed by atoms with Crippen LogP contribution in [0.4, 0.5) is 11.5 Å². The Morgan fingerprint density at radius 3 is 2.03 bits per heavy atom. The Hall–Kier alpha value is -3.44. The normalized spacial score (nSPS) is 12.1. The number of aromatic nitrogens is 1. The number of carbonyl (C=O) groups is 2. The lowest BCUT2D eigenvalue weighted by molar-refractivity contribution is -0.159. The number of methoxy groups -OCH3 is 2. The van der Waals surface area contributed by atoms with Crippen LogP contribution in [0.3, 0.4) is 0 Å². The standard InChI is InChI=1S/C23H25N3O6S2/c1-14-5-7-16(8-6-14)21(20(22(27)31-3)23(28)32-4)24-17-9-11-18(12-10-17)34(29,30)26-19-13-15(2)33-25-19/h5-13,20-21,24H,1-4H3,(H,25,26). The molecule has 1 heterocycles. The molecule has 0 radical (unpaired) electrons. The highest BCUT2D eigenvalue weighted by molar-refractivity contribution is 7.92. The maximum Gasteiger partial charge on any atom is 0.322 e. The largest absolute Gasteiger partial charge is 0.468 e. The number of sulfonamides is 1. The van der Waals surface area contributed by atoms with E-state index in [9.17, 15) is 18.0 Å². The second-order valence-corrected chi connectivity index (χ2v) is 10.2. The van der Waals surface area contributed by atoms with Crippen molar-refractivity contribution in [2.24, 2.45) is 5.92 Å². The summed E-state index contributed by atoms with van der Waals surface area (Å²) < 4.78 is 41.5. The maximum absolute atomic E-state index is 12.7. The predicted octanol–water partition coefficient (Wildman–Crippen LogP) is 3.68. The Morgan fingerprint density at radius 1 is 0.941 bits per heavy atom. The van der Waals surface area contributed by atoms with Gasteiger partial charge in [0.2, 0.25) is 0 Å².